The first kappa shape index (κ1) is 19.3. The highest BCUT2D eigenvalue weighted by Crippen LogP contribution is 2.36. The molecule has 10 nitrogen and oxygen atoms in total. The molecule has 3 rings (SSSR count). The van der Waals surface area contributed by atoms with E-state index >= 15 is 0 Å². The van der Waals surface area contributed by atoms with Crippen molar-refractivity contribution in [3.05, 3.63) is 45.8 Å². The molecule has 2 heterocycles. The van der Waals surface area contributed by atoms with Crippen molar-refractivity contribution in [1.29, 1.82) is 0 Å². The normalized spacial score (nSPS) is 13.1. The summed E-state index contributed by atoms with van der Waals surface area (Å²) in [6.45, 7) is 6.21. The van der Waals surface area contributed by atoms with Crippen molar-refractivity contribution >= 4 is 11.8 Å². The van der Waals surface area contributed by atoms with E-state index in [0.717, 1.165) is 17.5 Å². The van der Waals surface area contributed by atoms with E-state index in [2.05, 4.69) is 9.97 Å². The third kappa shape index (κ3) is 4.11. The number of amides is 1. The number of nitrogens with zero attached hydrogens (tertiary/aromatic N) is 4. The van der Waals surface area contributed by atoms with Gasteiger partial charge in [-0.2, -0.15) is 9.97 Å². The van der Waals surface area contributed by atoms with E-state index in [1.54, 1.807) is 23.1 Å². The summed E-state index contributed by atoms with van der Waals surface area (Å²) in [6, 6.07) is 5.19. The molecule has 0 fully saturated rings. The largest absolute Gasteiger partial charge is 0.476 e. The summed E-state index contributed by atoms with van der Waals surface area (Å²) in [4.78, 5) is 32.1. The lowest BCUT2D eigenvalue weighted by atomic mass is 10.1. The Morgan fingerprint density at radius 1 is 1.18 bits per heavy atom. The van der Waals surface area contributed by atoms with Gasteiger partial charge in [0, 0.05) is 13.1 Å². The topological polar surface area (TPSA) is 117 Å². The first-order chi connectivity index (χ1) is 13.2. The maximum absolute atomic E-state index is 12.3. The zero-order valence-electron chi connectivity index (χ0n) is 16.0. The van der Waals surface area contributed by atoms with Crippen LogP contribution in [-0.4, -0.2) is 38.6 Å². The van der Waals surface area contributed by atoms with Crippen LogP contribution in [-0.2, 0) is 17.8 Å². The van der Waals surface area contributed by atoms with E-state index in [1.165, 1.54) is 7.11 Å². The van der Waals surface area contributed by atoms with Gasteiger partial charge in [0.05, 0.1) is 12.0 Å². The molecular weight excluding hydrogens is 368 g/mol. The molecule has 0 spiro atoms. The molecule has 148 valence electrons. The van der Waals surface area contributed by atoms with Crippen molar-refractivity contribution in [2.45, 2.75) is 39.5 Å². The number of rotatable bonds is 4. The van der Waals surface area contributed by atoms with Crippen molar-refractivity contribution in [2.24, 2.45) is 0 Å². The first-order valence-electron chi connectivity index (χ1n) is 8.49. The zero-order valence-corrected chi connectivity index (χ0v) is 16.0. The molecule has 1 amide bonds. The molecule has 1 aromatic carbocycles. The number of fused-ring (bicyclic) bond motifs is 1. The summed E-state index contributed by atoms with van der Waals surface area (Å²) in [7, 11) is 1.28. The van der Waals surface area contributed by atoms with Crippen molar-refractivity contribution in [1.82, 2.24) is 14.9 Å². The summed E-state index contributed by atoms with van der Waals surface area (Å²) in [6.07, 6.45) is 0.723. The Balaban J connectivity index is 1.80. The van der Waals surface area contributed by atoms with Gasteiger partial charge in [-0.15, -0.1) is 0 Å². The van der Waals surface area contributed by atoms with Crippen LogP contribution < -0.4 is 9.47 Å². The fourth-order valence-corrected chi connectivity index (χ4v) is 2.73. The highest BCUT2D eigenvalue weighted by molar-refractivity contribution is 5.69. The average Bonchev–Trinajstić information content (AvgIpc) is 3.03. The van der Waals surface area contributed by atoms with E-state index in [-0.39, 0.29) is 11.8 Å². The molecule has 0 bridgehead atoms. The van der Waals surface area contributed by atoms with Crippen molar-refractivity contribution in [3.63, 3.8) is 0 Å². The van der Waals surface area contributed by atoms with E-state index in [1.807, 2.05) is 20.8 Å². The van der Waals surface area contributed by atoms with Crippen LogP contribution in [0.1, 0.15) is 31.9 Å². The van der Waals surface area contributed by atoms with E-state index in [0.29, 0.717) is 18.8 Å². The van der Waals surface area contributed by atoms with Crippen LogP contribution in [0, 0.1) is 10.1 Å². The maximum atomic E-state index is 12.3. The molecule has 1 aliphatic heterocycles. The van der Waals surface area contributed by atoms with Crippen LogP contribution in [0.3, 0.4) is 0 Å². The smallest absolute Gasteiger partial charge is 0.410 e. The molecule has 0 aliphatic carbocycles. The van der Waals surface area contributed by atoms with Gasteiger partial charge in [0.25, 0.3) is 0 Å². The van der Waals surface area contributed by atoms with E-state index in [9.17, 15) is 14.9 Å². The Labute approximate surface area is 161 Å². The van der Waals surface area contributed by atoms with Gasteiger partial charge in [-0.1, -0.05) is 6.07 Å². The SMILES string of the molecule is COc1ncnc(Oc2ccc3c(c2)CN(C(=O)OC(C)(C)C)C3)c1[N+](=O)[O-]. The zero-order chi connectivity index (χ0) is 20.5. The van der Waals surface area contributed by atoms with Crippen molar-refractivity contribution in [2.75, 3.05) is 7.11 Å². The molecule has 0 atom stereocenters. The third-order valence-electron chi connectivity index (χ3n) is 3.90. The van der Waals surface area contributed by atoms with Crippen LogP contribution >= 0.6 is 0 Å². The second-order valence-corrected chi connectivity index (χ2v) is 7.16. The second kappa shape index (κ2) is 7.29. The molecule has 2 aromatic rings. The Hall–Kier alpha value is -3.43. The number of hydrogen-bond donors (Lipinski definition) is 0. The predicted molar refractivity (Wildman–Crippen MR) is 97.2 cm³/mol. The maximum Gasteiger partial charge on any atom is 0.410 e. The fraction of sp³-hybridized carbons (Fsp3) is 0.389. The minimum absolute atomic E-state index is 0.188. The lowest BCUT2D eigenvalue weighted by Crippen LogP contribution is -2.33. The average molecular weight is 388 g/mol. The monoisotopic (exact) mass is 388 g/mol. The minimum Gasteiger partial charge on any atom is -0.476 e. The molecule has 10 heteroatoms. The summed E-state index contributed by atoms with van der Waals surface area (Å²) in [5.74, 6) is -0.0558. The summed E-state index contributed by atoms with van der Waals surface area (Å²) in [5, 5.41) is 11.3. The lowest BCUT2D eigenvalue weighted by Gasteiger charge is -2.24. The Morgan fingerprint density at radius 3 is 2.50 bits per heavy atom. The number of ether oxygens (including phenoxy) is 3. The number of carbonyl (C=O) groups is 1. The molecule has 0 saturated heterocycles. The molecule has 0 unspecified atom stereocenters. The Bertz CT molecular complexity index is 925. The van der Waals surface area contributed by atoms with Gasteiger partial charge in [-0.05, 0) is 44.0 Å². The lowest BCUT2D eigenvalue weighted by molar-refractivity contribution is -0.387. The quantitative estimate of drug-likeness (QED) is 0.577. The van der Waals surface area contributed by atoms with Gasteiger partial charge < -0.3 is 14.2 Å². The molecule has 28 heavy (non-hydrogen) atoms. The highest BCUT2D eigenvalue weighted by Gasteiger charge is 2.29. The number of aromatic nitrogens is 2. The standard InChI is InChI=1S/C18H20N4O6/c1-18(2,3)28-17(23)21-8-11-5-6-13(7-12(11)9-21)27-16-14(22(24)25)15(26-4)19-10-20-16/h5-7,10H,8-9H2,1-4H3. The van der Waals surface area contributed by atoms with Crippen LogP contribution in [0.2, 0.25) is 0 Å². The van der Waals surface area contributed by atoms with Crippen molar-refractivity contribution in [3.8, 4) is 17.5 Å². The molecule has 1 aliphatic rings. The van der Waals surface area contributed by atoms with Gasteiger partial charge in [-0.25, -0.2) is 4.79 Å². The second-order valence-electron chi connectivity index (χ2n) is 7.16. The van der Waals surface area contributed by atoms with E-state index < -0.39 is 22.3 Å². The molecule has 0 saturated carbocycles. The molecule has 0 radical (unpaired) electrons. The van der Waals surface area contributed by atoms with Crippen LogP contribution in [0.4, 0.5) is 10.5 Å². The van der Waals surface area contributed by atoms with Crippen LogP contribution in [0.25, 0.3) is 0 Å². The van der Waals surface area contributed by atoms with Gasteiger partial charge in [-0.3, -0.25) is 15.0 Å². The summed E-state index contributed by atoms with van der Waals surface area (Å²) < 4.78 is 15.9. The highest BCUT2D eigenvalue weighted by atomic mass is 16.6. The van der Waals surface area contributed by atoms with E-state index in [4.69, 9.17) is 14.2 Å². The first-order valence-corrected chi connectivity index (χ1v) is 8.49. The van der Waals surface area contributed by atoms with Gasteiger partial charge >= 0.3 is 23.5 Å². The summed E-state index contributed by atoms with van der Waals surface area (Å²) in [5.41, 5.74) is 0.784. The van der Waals surface area contributed by atoms with Crippen LogP contribution in [0.5, 0.6) is 17.5 Å². The third-order valence-corrected chi connectivity index (χ3v) is 3.90. The van der Waals surface area contributed by atoms with Gasteiger partial charge in [0.1, 0.15) is 17.7 Å². The number of benzene rings is 1. The van der Waals surface area contributed by atoms with Crippen molar-refractivity contribution < 1.29 is 23.9 Å². The number of methoxy groups -OCH3 is 1. The Morgan fingerprint density at radius 2 is 1.86 bits per heavy atom. The van der Waals surface area contributed by atoms with Gasteiger partial charge in [0.15, 0.2) is 0 Å². The number of hydrogen-bond acceptors (Lipinski definition) is 8. The fourth-order valence-electron chi connectivity index (χ4n) is 2.73. The molecule has 1 aromatic heterocycles. The Kier molecular flexibility index (Phi) is 5.04. The van der Waals surface area contributed by atoms with Gasteiger partial charge in [0.2, 0.25) is 0 Å². The minimum atomic E-state index is -0.661. The van der Waals surface area contributed by atoms with Crippen LogP contribution in [0.15, 0.2) is 24.5 Å². The number of carbonyl (C=O) groups excluding carboxylic acids is 1. The molecule has 0 N–H and O–H groups in total. The number of nitro groups is 1. The summed E-state index contributed by atoms with van der Waals surface area (Å²) >= 11 is 0. The molecular formula is C18H20N4O6. The predicted octanol–water partition coefficient (Wildman–Crippen LogP) is 3.44.